The van der Waals surface area contributed by atoms with Crippen molar-refractivity contribution in [2.75, 3.05) is 0 Å². The summed E-state index contributed by atoms with van der Waals surface area (Å²) >= 11 is 0. The second kappa shape index (κ2) is 5.89. The van der Waals surface area contributed by atoms with Crippen LogP contribution in [-0.4, -0.2) is 22.4 Å². The van der Waals surface area contributed by atoms with Gasteiger partial charge in [0.05, 0.1) is 17.6 Å². The lowest BCUT2D eigenvalue weighted by Crippen LogP contribution is -2.47. The maximum Gasteiger partial charge on any atom is 0.0960 e. The molecule has 0 saturated heterocycles. The van der Waals surface area contributed by atoms with Crippen molar-refractivity contribution < 1.29 is 10.2 Å². The van der Waals surface area contributed by atoms with E-state index in [0.717, 1.165) is 22.3 Å². The Hall–Kier alpha value is -2.60. The van der Waals surface area contributed by atoms with Crippen LogP contribution < -0.4 is 0 Å². The Kier molecular flexibility index (Phi) is 3.92. The fraction of sp³-hybridized carbons (Fsp3) is 0.143. The number of aliphatic hydroxyl groups is 2. The van der Waals surface area contributed by atoms with Crippen molar-refractivity contribution in [2.45, 2.75) is 17.6 Å². The van der Waals surface area contributed by atoms with Crippen LogP contribution in [0, 0.1) is 0 Å². The summed E-state index contributed by atoms with van der Waals surface area (Å²) in [6, 6.07) is 15.6. The smallest absolute Gasteiger partial charge is 0.0960 e. The van der Waals surface area contributed by atoms with E-state index in [9.17, 15) is 10.2 Å². The number of fused-ring (bicyclic) bond motifs is 3. The topological polar surface area (TPSA) is 40.5 Å². The van der Waals surface area contributed by atoms with Crippen LogP contribution in [0.2, 0.25) is 0 Å². The second-order valence-electron chi connectivity index (χ2n) is 5.59. The van der Waals surface area contributed by atoms with Crippen molar-refractivity contribution in [3.8, 4) is 11.1 Å². The molecule has 2 nitrogen and oxygen atoms in total. The first-order valence-electron chi connectivity index (χ1n) is 7.45. The highest BCUT2D eigenvalue weighted by Gasteiger charge is 2.51. The third-order valence-electron chi connectivity index (χ3n) is 4.52. The average Bonchev–Trinajstić information content (AvgIpc) is 2.87. The lowest BCUT2D eigenvalue weighted by molar-refractivity contribution is 0.0579. The van der Waals surface area contributed by atoms with Gasteiger partial charge in [-0.25, -0.2) is 0 Å². The first kappa shape index (κ1) is 15.3. The Labute approximate surface area is 136 Å². The van der Waals surface area contributed by atoms with E-state index in [4.69, 9.17) is 0 Å². The SMILES string of the molecule is C=C=CC(O)C1(C(O)C=C=C)c2ccccc2-c2ccccc21. The predicted molar refractivity (Wildman–Crippen MR) is 92.1 cm³/mol. The molecule has 0 aromatic heterocycles. The Morgan fingerprint density at radius 2 is 1.17 bits per heavy atom. The minimum Gasteiger partial charge on any atom is -0.387 e. The second-order valence-corrected chi connectivity index (χ2v) is 5.59. The highest BCUT2D eigenvalue weighted by Crippen LogP contribution is 2.52. The average molecular weight is 302 g/mol. The van der Waals surface area contributed by atoms with Gasteiger partial charge in [-0.05, 0) is 34.4 Å². The van der Waals surface area contributed by atoms with Gasteiger partial charge in [0.1, 0.15) is 0 Å². The standard InChI is InChI=1S/C21H18O2/c1-3-9-19(22)21(20(23)10-4-2)17-13-7-5-11-15(17)16-12-6-8-14-18(16)21/h5-14,19-20,22-23H,1-2H2. The molecular weight excluding hydrogens is 284 g/mol. The largest absolute Gasteiger partial charge is 0.387 e. The van der Waals surface area contributed by atoms with Crippen LogP contribution in [0.3, 0.4) is 0 Å². The van der Waals surface area contributed by atoms with E-state index in [1.165, 1.54) is 12.2 Å². The first-order chi connectivity index (χ1) is 11.2. The maximum absolute atomic E-state index is 10.9. The number of hydrogen-bond acceptors (Lipinski definition) is 2. The molecule has 114 valence electrons. The maximum atomic E-state index is 10.9. The summed E-state index contributed by atoms with van der Waals surface area (Å²) in [6.07, 6.45) is 1.01. The lowest BCUT2D eigenvalue weighted by atomic mass is 9.69. The molecule has 2 unspecified atom stereocenters. The summed E-state index contributed by atoms with van der Waals surface area (Å²) in [5.74, 6) is 0. The molecule has 2 aromatic carbocycles. The first-order valence-corrected chi connectivity index (χ1v) is 7.45. The zero-order valence-corrected chi connectivity index (χ0v) is 12.7. The normalized spacial score (nSPS) is 16.3. The van der Waals surface area contributed by atoms with E-state index in [0.29, 0.717) is 0 Å². The van der Waals surface area contributed by atoms with Gasteiger partial charge < -0.3 is 10.2 Å². The summed E-state index contributed by atoms with van der Waals surface area (Å²) in [4.78, 5) is 0. The molecule has 1 aliphatic carbocycles. The van der Waals surface area contributed by atoms with E-state index in [-0.39, 0.29) is 0 Å². The molecule has 0 radical (unpaired) electrons. The van der Waals surface area contributed by atoms with E-state index in [1.807, 2.05) is 48.5 Å². The fourth-order valence-corrected chi connectivity index (χ4v) is 3.60. The quantitative estimate of drug-likeness (QED) is 0.850. The van der Waals surface area contributed by atoms with Gasteiger partial charge in [-0.15, -0.1) is 11.5 Å². The van der Waals surface area contributed by atoms with Gasteiger partial charge in [0.15, 0.2) is 0 Å². The van der Waals surface area contributed by atoms with Crippen LogP contribution >= 0.6 is 0 Å². The van der Waals surface area contributed by atoms with Gasteiger partial charge >= 0.3 is 0 Å². The van der Waals surface area contributed by atoms with Crippen LogP contribution in [0.5, 0.6) is 0 Å². The summed E-state index contributed by atoms with van der Waals surface area (Å²) in [6.45, 7) is 7.12. The molecule has 2 heteroatoms. The number of benzene rings is 2. The molecular formula is C21H18O2. The minimum absolute atomic E-state index is 0.874. The molecule has 0 spiro atoms. The van der Waals surface area contributed by atoms with Crippen molar-refractivity contribution in [3.05, 3.63) is 96.4 Å². The Balaban J connectivity index is 2.43. The molecule has 0 saturated carbocycles. The highest BCUT2D eigenvalue weighted by atomic mass is 16.3. The van der Waals surface area contributed by atoms with Gasteiger partial charge in [0, 0.05) is 0 Å². The monoisotopic (exact) mass is 302 g/mol. The molecule has 0 heterocycles. The van der Waals surface area contributed by atoms with Crippen LogP contribution in [0.15, 0.2) is 85.3 Å². The van der Waals surface area contributed by atoms with Crippen molar-refractivity contribution in [1.82, 2.24) is 0 Å². The number of hydrogen-bond donors (Lipinski definition) is 2. The highest BCUT2D eigenvalue weighted by molar-refractivity contribution is 5.82. The summed E-state index contributed by atoms with van der Waals surface area (Å²) in [5, 5.41) is 21.8. The van der Waals surface area contributed by atoms with Gasteiger partial charge in [-0.3, -0.25) is 0 Å². The van der Waals surface area contributed by atoms with Gasteiger partial charge in [0.25, 0.3) is 0 Å². The zero-order valence-electron chi connectivity index (χ0n) is 12.7. The summed E-state index contributed by atoms with van der Waals surface area (Å²) in [5.41, 5.74) is 8.03. The minimum atomic E-state index is -1.03. The molecule has 1 aliphatic rings. The molecule has 0 amide bonds. The van der Waals surface area contributed by atoms with Crippen LogP contribution in [-0.2, 0) is 5.41 Å². The molecule has 3 rings (SSSR count). The van der Waals surface area contributed by atoms with Crippen molar-refractivity contribution in [2.24, 2.45) is 0 Å². The fourth-order valence-electron chi connectivity index (χ4n) is 3.60. The van der Waals surface area contributed by atoms with Crippen molar-refractivity contribution in [1.29, 1.82) is 0 Å². The van der Waals surface area contributed by atoms with E-state index >= 15 is 0 Å². The molecule has 0 bridgehead atoms. The molecule has 0 aliphatic heterocycles. The number of aliphatic hydroxyl groups excluding tert-OH is 2. The van der Waals surface area contributed by atoms with Crippen LogP contribution in [0.25, 0.3) is 11.1 Å². The molecule has 2 N–H and O–H groups in total. The molecule has 23 heavy (non-hydrogen) atoms. The lowest BCUT2D eigenvalue weighted by Gasteiger charge is -2.37. The summed E-state index contributed by atoms with van der Waals surface area (Å²) < 4.78 is 0. The predicted octanol–water partition coefficient (Wildman–Crippen LogP) is 3.36. The Bertz CT molecular complexity index is 765. The molecule has 0 fully saturated rings. The third-order valence-corrected chi connectivity index (χ3v) is 4.52. The van der Waals surface area contributed by atoms with Crippen molar-refractivity contribution >= 4 is 0 Å². The van der Waals surface area contributed by atoms with Crippen molar-refractivity contribution in [3.63, 3.8) is 0 Å². The van der Waals surface area contributed by atoms with E-state index in [2.05, 4.69) is 24.6 Å². The summed E-state index contributed by atoms with van der Waals surface area (Å²) in [7, 11) is 0. The van der Waals surface area contributed by atoms with Gasteiger partial charge in [-0.2, -0.15) is 0 Å². The van der Waals surface area contributed by atoms with Crippen LogP contribution in [0.4, 0.5) is 0 Å². The third kappa shape index (κ3) is 2.06. The van der Waals surface area contributed by atoms with Crippen LogP contribution in [0.1, 0.15) is 11.1 Å². The molecule has 2 aromatic rings. The Morgan fingerprint density at radius 1 is 0.783 bits per heavy atom. The van der Waals surface area contributed by atoms with E-state index < -0.39 is 17.6 Å². The number of rotatable bonds is 4. The van der Waals surface area contributed by atoms with Gasteiger partial charge in [-0.1, -0.05) is 61.7 Å². The zero-order chi connectivity index (χ0) is 16.4. The van der Waals surface area contributed by atoms with Gasteiger partial charge in [0.2, 0.25) is 0 Å². The molecule has 2 atom stereocenters. The van der Waals surface area contributed by atoms with E-state index in [1.54, 1.807) is 0 Å². The Morgan fingerprint density at radius 3 is 1.57 bits per heavy atom.